The molecule has 2 saturated heterocycles. The number of benzene rings is 3. The van der Waals surface area contributed by atoms with Gasteiger partial charge in [0.25, 0.3) is 5.91 Å². The lowest BCUT2D eigenvalue weighted by molar-refractivity contribution is 0.0526. The van der Waals surface area contributed by atoms with Crippen LogP contribution in [0.5, 0.6) is 11.5 Å². The normalized spacial score (nSPS) is 18.4. The fourth-order valence-corrected chi connectivity index (χ4v) is 7.43. The summed E-state index contributed by atoms with van der Waals surface area (Å²) >= 11 is 0. The number of ketones is 1. The van der Waals surface area contributed by atoms with Crippen LogP contribution in [0.3, 0.4) is 0 Å². The van der Waals surface area contributed by atoms with Crippen LogP contribution in [0.1, 0.15) is 52.0 Å². The van der Waals surface area contributed by atoms with Crippen LogP contribution in [0.4, 0.5) is 0 Å². The van der Waals surface area contributed by atoms with E-state index in [2.05, 4.69) is 4.90 Å². The van der Waals surface area contributed by atoms with Gasteiger partial charge in [-0.1, -0.05) is 30.3 Å². The molecule has 9 heteroatoms. The zero-order chi connectivity index (χ0) is 28.6. The van der Waals surface area contributed by atoms with Crippen molar-refractivity contribution in [2.75, 3.05) is 33.0 Å². The number of nitrogens with zero attached hydrogens (tertiary/aromatic N) is 2. The van der Waals surface area contributed by atoms with Crippen molar-refractivity contribution >= 4 is 21.5 Å². The second-order valence-electron chi connectivity index (χ2n) is 11.1. The molecule has 1 amide bonds. The summed E-state index contributed by atoms with van der Waals surface area (Å²) in [4.78, 5) is 31.0. The van der Waals surface area contributed by atoms with E-state index in [1.54, 1.807) is 18.2 Å². The Hall–Kier alpha value is -3.69. The number of sulfone groups is 1. The number of carbonyl (C=O) groups excluding carboxylic acids is 2. The fourth-order valence-electron chi connectivity index (χ4n) is 6.16. The Morgan fingerprint density at radius 2 is 1.44 bits per heavy atom. The molecule has 0 bridgehead atoms. The number of ether oxygens (including phenoxy) is 2. The number of Topliss-reactive ketones (excluding diaryl/α,β-unsaturated/α-hetero) is 1. The molecule has 3 aliphatic rings. The van der Waals surface area contributed by atoms with Crippen molar-refractivity contribution in [3.05, 3.63) is 83.4 Å². The van der Waals surface area contributed by atoms with E-state index >= 15 is 0 Å². The van der Waals surface area contributed by atoms with Crippen molar-refractivity contribution in [1.29, 1.82) is 0 Å². The first-order chi connectivity index (χ1) is 19.8. The largest absolute Gasteiger partial charge is 0.454 e. The average Bonchev–Trinajstić information content (AvgIpc) is 3.49. The van der Waals surface area contributed by atoms with E-state index in [1.807, 2.05) is 36.1 Å². The summed E-state index contributed by atoms with van der Waals surface area (Å²) in [5.74, 6) is 1.03. The standard InChI is InChI=1S/C32H34N2O6S/c1-22-4-2-3-5-28(22)32(36)34-18-14-25(15-19-34)33-16-12-24(13-17-33)31(35)23-6-8-26(9-7-23)41(37,38)27-10-11-29-30(20-27)40-21-39-29/h2-11,20,24-25H,12-19,21H2,1H3. The average molecular weight is 575 g/mol. The van der Waals surface area contributed by atoms with E-state index in [4.69, 9.17) is 9.47 Å². The Morgan fingerprint density at radius 3 is 2.15 bits per heavy atom. The van der Waals surface area contributed by atoms with Gasteiger partial charge in [-0.15, -0.1) is 0 Å². The molecule has 2 fully saturated rings. The maximum atomic E-state index is 13.3. The van der Waals surface area contributed by atoms with E-state index < -0.39 is 9.84 Å². The summed E-state index contributed by atoms with van der Waals surface area (Å²) in [5, 5.41) is 0. The summed E-state index contributed by atoms with van der Waals surface area (Å²) < 4.78 is 36.9. The molecule has 8 nitrogen and oxygen atoms in total. The highest BCUT2D eigenvalue weighted by Crippen LogP contribution is 2.35. The van der Waals surface area contributed by atoms with Crippen molar-refractivity contribution in [2.24, 2.45) is 5.92 Å². The van der Waals surface area contributed by atoms with E-state index in [0.29, 0.717) is 23.1 Å². The van der Waals surface area contributed by atoms with Crippen LogP contribution < -0.4 is 9.47 Å². The van der Waals surface area contributed by atoms with Crippen LogP contribution >= 0.6 is 0 Å². The molecule has 3 aliphatic heterocycles. The van der Waals surface area contributed by atoms with Gasteiger partial charge >= 0.3 is 0 Å². The van der Waals surface area contributed by atoms with Gasteiger partial charge in [-0.25, -0.2) is 8.42 Å². The maximum Gasteiger partial charge on any atom is 0.254 e. The minimum Gasteiger partial charge on any atom is -0.454 e. The predicted octanol–water partition coefficient (Wildman–Crippen LogP) is 4.76. The Kier molecular flexibility index (Phi) is 7.57. The van der Waals surface area contributed by atoms with Gasteiger partial charge in [0.15, 0.2) is 17.3 Å². The molecule has 3 heterocycles. The number of aryl methyl sites for hydroxylation is 1. The molecule has 0 spiro atoms. The Morgan fingerprint density at radius 1 is 0.780 bits per heavy atom. The third kappa shape index (κ3) is 5.48. The van der Waals surface area contributed by atoms with Crippen LogP contribution in [0.2, 0.25) is 0 Å². The first-order valence-electron chi connectivity index (χ1n) is 14.2. The maximum absolute atomic E-state index is 13.3. The molecule has 6 rings (SSSR count). The van der Waals surface area contributed by atoms with Crippen LogP contribution in [-0.2, 0) is 9.84 Å². The van der Waals surface area contributed by atoms with E-state index in [9.17, 15) is 18.0 Å². The summed E-state index contributed by atoms with van der Waals surface area (Å²) in [6.45, 7) is 5.25. The molecule has 0 atom stereocenters. The van der Waals surface area contributed by atoms with Gasteiger partial charge in [-0.2, -0.15) is 0 Å². The number of carbonyl (C=O) groups is 2. The van der Waals surface area contributed by atoms with E-state index in [1.165, 1.54) is 24.3 Å². The van der Waals surface area contributed by atoms with Crippen molar-refractivity contribution in [3.8, 4) is 11.5 Å². The molecule has 3 aromatic carbocycles. The van der Waals surface area contributed by atoms with Gasteiger partial charge in [0.1, 0.15) is 0 Å². The number of rotatable bonds is 6. The van der Waals surface area contributed by atoms with Crippen LogP contribution in [-0.4, -0.2) is 68.9 Å². The van der Waals surface area contributed by atoms with E-state index in [-0.39, 0.29) is 34.2 Å². The molecule has 0 N–H and O–H groups in total. The van der Waals surface area contributed by atoms with Crippen molar-refractivity contribution < 1.29 is 27.5 Å². The minimum atomic E-state index is -3.75. The van der Waals surface area contributed by atoms with Gasteiger partial charge in [0.2, 0.25) is 16.6 Å². The first kappa shape index (κ1) is 27.5. The molecule has 214 valence electrons. The Balaban J connectivity index is 1.02. The van der Waals surface area contributed by atoms with Gasteiger partial charge < -0.3 is 19.3 Å². The zero-order valence-corrected chi connectivity index (χ0v) is 23.9. The molecule has 0 aliphatic carbocycles. The van der Waals surface area contributed by atoms with Crippen LogP contribution in [0.25, 0.3) is 0 Å². The predicted molar refractivity (Wildman–Crippen MR) is 153 cm³/mol. The fraction of sp³-hybridized carbons (Fsp3) is 0.375. The molecular weight excluding hydrogens is 540 g/mol. The number of hydrogen-bond donors (Lipinski definition) is 0. The third-order valence-corrected chi connectivity index (χ3v) is 10.4. The molecular formula is C32H34N2O6S. The van der Waals surface area contributed by atoms with Crippen molar-refractivity contribution in [2.45, 2.75) is 48.4 Å². The number of amides is 1. The monoisotopic (exact) mass is 574 g/mol. The lowest BCUT2D eigenvalue weighted by Gasteiger charge is -2.41. The molecule has 0 aromatic heterocycles. The highest BCUT2D eigenvalue weighted by atomic mass is 32.2. The number of piperidine rings is 2. The topological polar surface area (TPSA) is 93.2 Å². The molecule has 0 unspecified atom stereocenters. The smallest absolute Gasteiger partial charge is 0.254 e. The third-order valence-electron chi connectivity index (χ3n) is 8.65. The van der Waals surface area contributed by atoms with Gasteiger partial charge in [-0.05, 0) is 81.6 Å². The summed E-state index contributed by atoms with van der Waals surface area (Å²) in [7, 11) is -3.75. The Labute approximate surface area is 240 Å². The second-order valence-corrected chi connectivity index (χ2v) is 13.0. The number of fused-ring (bicyclic) bond motifs is 1. The first-order valence-corrected chi connectivity index (χ1v) is 15.7. The zero-order valence-electron chi connectivity index (χ0n) is 23.1. The SMILES string of the molecule is Cc1ccccc1C(=O)N1CCC(N2CCC(C(=O)c3ccc(S(=O)(=O)c4ccc5c(c4)OCO5)cc3)CC2)CC1. The number of hydrogen-bond acceptors (Lipinski definition) is 7. The highest BCUT2D eigenvalue weighted by molar-refractivity contribution is 7.91. The van der Waals surface area contributed by atoms with Crippen molar-refractivity contribution in [3.63, 3.8) is 0 Å². The lowest BCUT2D eigenvalue weighted by Crippen LogP contribution is -2.49. The van der Waals surface area contributed by atoms with Gasteiger partial charge in [-0.3, -0.25) is 9.59 Å². The van der Waals surface area contributed by atoms with Crippen LogP contribution in [0.15, 0.2) is 76.5 Å². The second kappa shape index (κ2) is 11.3. The molecule has 0 saturated carbocycles. The van der Waals surface area contributed by atoms with Gasteiger partial charge in [0, 0.05) is 42.2 Å². The minimum absolute atomic E-state index is 0.0651. The summed E-state index contributed by atoms with van der Waals surface area (Å²) in [5.41, 5.74) is 2.33. The number of likely N-dealkylation sites (tertiary alicyclic amines) is 2. The van der Waals surface area contributed by atoms with Crippen molar-refractivity contribution in [1.82, 2.24) is 9.80 Å². The molecule has 3 aromatic rings. The van der Waals surface area contributed by atoms with Gasteiger partial charge in [0.05, 0.1) is 9.79 Å². The summed E-state index contributed by atoms with van der Waals surface area (Å²) in [6.07, 6.45) is 3.43. The Bertz CT molecular complexity index is 1550. The summed E-state index contributed by atoms with van der Waals surface area (Å²) in [6, 6.07) is 19.0. The highest BCUT2D eigenvalue weighted by Gasteiger charge is 2.32. The molecule has 41 heavy (non-hydrogen) atoms. The van der Waals surface area contributed by atoms with E-state index in [0.717, 1.165) is 63.0 Å². The molecule has 0 radical (unpaired) electrons. The lowest BCUT2D eigenvalue weighted by atomic mass is 9.87. The quantitative estimate of drug-likeness (QED) is 0.392. The van der Waals surface area contributed by atoms with Crippen LogP contribution in [0, 0.1) is 12.8 Å².